The summed E-state index contributed by atoms with van der Waals surface area (Å²) in [6, 6.07) is 6.96. The van der Waals surface area contributed by atoms with Crippen LogP contribution >= 0.6 is 23.4 Å². The van der Waals surface area contributed by atoms with Gasteiger partial charge in [-0.15, -0.1) is 15.3 Å². The number of thioether (sulfide) groups is 1. The van der Waals surface area contributed by atoms with Crippen LogP contribution in [0.5, 0.6) is 0 Å². The molecule has 0 atom stereocenters. The van der Waals surface area contributed by atoms with Crippen molar-refractivity contribution < 1.29 is 9.42 Å². The quantitative estimate of drug-likeness (QED) is 0.231. The van der Waals surface area contributed by atoms with Crippen LogP contribution < -0.4 is 11.2 Å². The first kappa shape index (κ1) is 20.5. The van der Waals surface area contributed by atoms with Gasteiger partial charge in [0.25, 0.3) is 5.91 Å². The maximum Gasteiger partial charge on any atom is 0.293 e. The molecule has 13 nitrogen and oxygen atoms in total. The van der Waals surface area contributed by atoms with Crippen LogP contribution in [-0.4, -0.2) is 52.2 Å². The number of nitrogens with zero attached hydrogens (tertiary/aromatic N) is 9. The minimum absolute atomic E-state index is 0.00234. The number of amides is 1. The fraction of sp³-hybridized carbons (Fsp3) is 0.125. The summed E-state index contributed by atoms with van der Waals surface area (Å²) >= 11 is 7.18. The monoisotopic (exact) mass is 459 g/mol. The van der Waals surface area contributed by atoms with E-state index in [0.29, 0.717) is 15.9 Å². The van der Waals surface area contributed by atoms with Crippen LogP contribution in [0.1, 0.15) is 21.7 Å². The number of aryl methyl sites for hydroxylation is 1. The first-order valence-corrected chi connectivity index (χ1v) is 9.98. The number of nitrogens with one attached hydrogen (secondary N) is 1. The van der Waals surface area contributed by atoms with Crippen LogP contribution in [0, 0.1) is 0 Å². The molecule has 0 saturated heterocycles. The molecule has 0 saturated carbocycles. The molecule has 0 spiro atoms. The number of carbonyl (C=O) groups is 1. The fourth-order valence-electron chi connectivity index (χ4n) is 2.42. The summed E-state index contributed by atoms with van der Waals surface area (Å²) in [7, 11) is 1.80. The number of hydrazone groups is 1. The second kappa shape index (κ2) is 8.93. The number of halogens is 1. The van der Waals surface area contributed by atoms with Gasteiger partial charge in [0.05, 0.1) is 11.9 Å². The number of anilines is 1. The summed E-state index contributed by atoms with van der Waals surface area (Å²) in [5.41, 5.74) is 9.39. The lowest BCUT2D eigenvalue weighted by Crippen LogP contribution is -2.20. The molecule has 3 N–H and O–H groups in total. The molecule has 0 aliphatic rings. The van der Waals surface area contributed by atoms with Crippen LogP contribution in [0.3, 0.4) is 0 Å². The molecule has 0 bridgehead atoms. The van der Waals surface area contributed by atoms with Gasteiger partial charge in [-0.1, -0.05) is 40.7 Å². The predicted octanol–water partition coefficient (Wildman–Crippen LogP) is 1.07. The van der Waals surface area contributed by atoms with E-state index in [1.165, 1.54) is 22.7 Å². The van der Waals surface area contributed by atoms with Gasteiger partial charge in [-0.25, -0.2) is 10.1 Å². The maximum atomic E-state index is 12.7. The Labute approximate surface area is 183 Å². The van der Waals surface area contributed by atoms with E-state index in [1.807, 2.05) is 0 Å². The van der Waals surface area contributed by atoms with Crippen molar-refractivity contribution in [3.63, 3.8) is 0 Å². The van der Waals surface area contributed by atoms with E-state index in [-0.39, 0.29) is 23.1 Å². The molecule has 4 aromatic rings. The lowest BCUT2D eigenvalue weighted by molar-refractivity contribution is 0.0949. The topological polar surface area (TPSA) is 168 Å². The van der Waals surface area contributed by atoms with Gasteiger partial charge in [-0.2, -0.15) is 9.78 Å². The average molecular weight is 460 g/mol. The summed E-state index contributed by atoms with van der Waals surface area (Å²) in [5.74, 6) is -0.192. The van der Waals surface area contributed by atoms with Gasteiger partial charge < -0.3 is 10.3 Å². The van der Waals surface area contributed by atoms with Crippen molar-refractivity contribution in [1.29, 1.82) is 0 Å². The Morgan fingerprint density at radius 1 is 1.32 bits per heavy atom. The summed E-state index contributed by atoms with van der Waals surface area (Å²) in [6.45, 7) is 0. The van der Waals surface area contributed by atoms with Crippen LogP contribution in [-0.2, 0) is 12.8 Å². The summed E-state index contributed by atoms with van der Waals surface area (Å²) < 4.78 is 7.66. The van der Waals surface area contributed by atoms with Gasteiger partial charge in [0, 0.05) is 17.8 Å². The molecule has 0 fully saturated rings. The fourth-order valence-corrected chi connectivity index (χ4v) is 3.43. The van der Waals surface area contributed by atoms with Gasteiger partial charge in [0.15, 0.2) is 10.9 Å². The minimum Gasteiger partial charge on any atom is -0.378 e. The van der Waals surface area contributed by atoms with Gasteiger partial charge >= 0.3 is 0 Å². The van der Waals surface area contributed by atoms with E-state index in [0.717, 1.165) is 5.56 Å². The number of rotatable bonds is 7. The lowest BCUT2D eigenvalue weighted by Gasteiger charge is -2.05. The highest BCUT2D eigenvalue weighted by atomic mass is 35.5. The zero-order chi connectivity index (χ0) is 21.8. The molecule has 0 aliphatic carbocycles. The van der Waals surface area contributed by atoms with Gasteiger partial charge in [0.2, 0.25) is 11.6 Å². The van der Waals surface area contributed by atoms with Crippen molar-refractivity contribution in [3.8, 4) is 5.82 Å². The second-order valence-electron chi connectivity index (χ2n) is 6.03. The Balaban J connectivity index is 1.57. The van der Waals surface area contributed by atoms with Crippen LogP contribution in [0.2, 0.25) is 5.02 Å². The minimum atomic E-state index is -0.569. The number of aromatic nitrogens is 8. The zero-order valence-electron chi connectivity index (χ0n) is 15.9. The Morgan fingerprint density at radius 2 is 2.13 bits per heavy atom. The van der Waals surface area contributed by atoms with Crippen molar-refractivity contribution >= 4 is 41.3 Å². The summed E-state index contributed by atoms with van der Waals surface area (Å²) in [6.07, 6.45) is 3.04. The van der Waals surface area contributed by atoms with Crippen molar-refractivity contribution in [1.82, 2.24) is 45.5 Å². The number of nitrogen functional groups attached to an aromatic ring is 1. The molecule has 1 aromatic carbocycles. The third-order valence-electron chi connectivity index (χ3n) is 3.93. The number of nitrogens with two attached hydrogens (primary N) is 1. The van der Waals surface area contributed by atoms with Gasteiger partial charge in [0.1, 0.15) is 6.33 Å². The highest BCUT2D eigenvalue weighted by molar-refractivity contribution is 7.98. The zero-order valence-corrected chi connectivity index (χ0v) is 17.4. The third kappa shape index (κ3) is 4.54. The van der Waals surface area contributed by atoms with Crippen molar-refractivity contribution in [3.05, 3.63) is 52.6 Å². The van der Waals surface area contributed by atoms with E-state index < -0.39 is 5.91 Å². The second-order valence-corrected chi connectivity index (χ2v) is 7.41. The van der Waals surface area contributed by atoms with E-state index in [1.54, 1.807) is 42.2 Å². The lowest BCUT2D eigenvalue weighted by atomic mass is 10.2. The van der Waals surface area contributed by atoms with Crippen LogP contribution in [0.15, 0.2) is 45.5 Å². The first-order valence-electron chi connectivity index (χ1n) is 8.61. The van der Waals surface area contributed by atoms with Crippen molar-refractivity contribution in [2.24, 2.45) is 12.1 Å². The van der Waals surface area contributed by atoms with E-state index in [9.17, 15) is 4.79 Å². The summed E-state index contributed by atoms with van der Waals surface area (Å²) in [5, 5.41) is 28.2. The van der Waals surface area contributed by atoms with Gasteiger partial charge in [-0.3, -0.25) is 4.79 Å². The smallest absolute Gasteiger partial charge is 0.293 e. The molecule has 0 unspecified atom stereocenters. The van der Waals surface area contributed by atoms with E-state index >= 15 is 0 Å². The molecule has 3 aromatic heterocycles. The average Bonchev–Trinajstić information content (AvgIpc) is 3.47. The third-order valence-corrected chi connectivity index (χ3v) is 5.23. The van der Waals surface area contributed by atoms with Crippen molar-refractivity contribution in [2.45, 2.75) is 10.9 Å². The predicted molar refractivity (Wildman–Crippen MR) is 111 cm³/mol. The number of hydrogen-bond donors (Lipinski definition) is 2. The molecule has 15 heteroatoms. The number of hydrogen-bond acceptors (Lipinski definition) is 11. The molecule has 31 heavy (non-hydrogen) atoms. The Hall–Kier alpha value is -3.78. The Kier molecular flexibility index (Phi) is 5.90. The molecule has 1 amide bonds. The highest BCUT2D eigenvalue weighted by Crippen LogP contribution is 2.24. The largest absolute Gasteiger partial charge is 0.378 e. The standard InChI is InChI=1S/C16H14ClN11O2S/c1-27-8-20-23-16(27)31-7-11-12(21-26-28(11)14-13(18)24-30-25-14)15(29)22-19-6-9-2-4-10(17)5-3-9/h2-6,8H,7H2,1H3,(H2,18,24)(H,22,29)/b19-6-. The molecule has 3 heterocycles. The molecular weight excluding hydrogens is 446 g/mol. The van der Waals surface area contributed by atoms with Crippen molar-refractivity contribution in [2.75, 3.05) is 5.73 Å². The molecule has 0 aliphatic heterocycles. The Bertz CT molecular complexity index is 1230. The number of benzene rings is 1. The van der Waals surface area contributed by atoms with E-state index in [4.69, 9.17) is 17.3 Å². The van der Waals surface area contributed by atoms with Crippen LogP contribution in [0.4, 0.5) is 5.82 Å². The number of carbonyl (C=O) groups excluding carboxylic acids is 1. The molecule has 0 radical (unpaired) electrons. The molecule has 158 valence electrons. The maximum absolute atomic E-state index is 12.7. The van der Waals surface area contributed by atoms with Gasteiger partial charge in [-0.05, 0) is 28.0 Å². The highest BCUT2D eigenvalue weighted by Gasteiger charge is 2.24. The first-order chi connectivity index (χ1) is 15.0. The van der Waals surface area contributed by atoms with Crippen LogP contribution in [0.25, 0.3) is 5.82 Å². The summed E-state index contributed by atoms with van der Waals surface area (Å²) in [4.78, 5) is 12.7. The normalized spacial score (nSPS) is 11.3. The SMILES string of the molecule is Cn1cnnc1SCc1c(C(=O)N/N=C\c2ccc(Cl)cc2)nnn1-c1nonc1N. The molecule has 4 rings (SSSR count). The van der Waals surface area contributed by atoms with E-state index in [2.05, 4.69) is 46.0 Å². The Morgan fingerprint density at radius 3 is 2.81 bits per heavy atom. The molecular formula is C16H14ClN11O2S.